The summed E-state index contributed by atoms with van der Waals surface area (Å²) >= 11 is 0. The van der Waals surface area contributed by atoms with Gasteiger partial charge in [-0.05, 0) is 32.4 Å². The van der Waals surface area contributed by atoms with E-state index in [1.54, 1.807) is 0 Å². The van der Waals surface area contributed by atoms with E-state index in [1.807, 2.05) is 38.2 Å². The zero-order valence-electron chi connectivity index (χ0n) is 10.8. The average Bonchev–Trinajstić information content (AvgIpc) is 2.62. The highest BCUT2D eigenvalue weighted by Crippen LogP contribution is 2.19. The first-order valence-electron chi connectivity index (χ1n) is 6.07. The molecule has 0 fully saturated rings. The summed E-state index contributed by atoms with van der Waals surface area (Å²) in [7, 11) is 0. The standard InChI is InChI=1S/C15H15N3/c1-10-6-4-5-7-11(10)12-8-13-14(9-16-12)18-15(2,3)17-13/h4-9H,1-3H3. The van der Waals surface area contributed by atoms with Crippen molar-refractivity contribution in [2.75, 3.05) is 0 Å². The van der Waals surface area contributed by atoms with Gasteiger partial charge >= 0.3 is 0 Å². The Morgan fingerprint density at radius 2 is 1.72 bits per heavy atom. The van der Waals surface area contributed by atoms with Gasteiger partial charge in [0.25, 0.3) is 0 Å². The van der Waals surface area contributed by atoms with Crippen molar-refractivity contribution < 1.29 is 0 Å². The van der Waals surface area contributed by atoms with Crippen molar-refractivity contribution in [1.29, 1.82) is 0 Å². The van der Waals surface area contributed by atoms with Crippen LogP contribution < -0.4 is 10.7 Å². The van der Waals surface area contributed by atoms with Crippen LogP contribution >= 0.6 is 0 Å². The van der Waals surface area contributed by atoms with Crippen LogP contribution in [-0.2, 0) is 0 Å². The van der Waals surface area contributed by atoms with Gasteiger partial charge in [-0.2, -0.15) is 0 Å². The van der Waals surface area contributed by atoms with Gasteiger partial charge in [0, 0.05) is 5.56 Å². The van der Waals surface area contributed by atoms with Crippen molar-refractivity contribution >= 4 is 0 Å². The molecule has 1 aliphatic rings. The first kappa shape index (κ1) is 11.1. The number of hydrogen-bond acceptors (Lipinski definition) is 3. The number of nitrogens with zero attached hydrogens (tertiary/aromatic N) is 3. The van der Waals surface area contributed by atoms with Gasteiger partial charge in [0.05, 0.1) is 17.2 Å². The molecule has 3 rings (SSSR count). The van der Waals surface area contributed by atoms with Crippen LogP contribution in [0.15, 0.2) is 46.5 Å². The van der Waals surface area contributed by atoms with Crippen molar-refractivity contribution in [2.24, 2.45) is 9.98 Å². The largest absolute Gasteiger partial charge is 0.254 e. The summed E-state index contributed by atoms with van der Waals surface area (Å²) in [5.41, 5.74) is 2.98. The number of aromatic nitrogens is 1. The molecule has 0 bridgehead atoms. The summed E-state index contributed by atoms with van der Waals surface area (Å²) < 4.78 is 0. The predicted octanol–water partition coefficient (Wildman–Crippen LogP) is 2.05. The summed E-state index contributed by atoms with van der Waals surface area (Å²) in [5.74, 6) is 0. The fourth-order valence-corrected chi connectivity index (χ4v) is 2.24. The molecule has 1 aromatic carbocycles. The van der Waals surface area contributed by atoms with Crippen molar-refractivity contribution in [3.8, 4) is 11.3 Å². The maximum atomic E-state index is 4.59. The molecule has 0 spiro atoms. The first-order valence-corrected chi connectivity index (χ1v) is 6.07. The number of aryl methyl sites for hydroxylation is 1. The third-order valence-corrected chi connectivity index (χ3v) is 3.07. The van der Waals surface area contributed by atoms with Gasteiger partial charge in [0.1, 0.15) is 11.0 Å². The topological polar surface area (TPSA) is 37.6 Å². The van der Waals surface area contributed by atoms with E-state index in [1.165, 1.54) is 5.56 Å². The van der Waals surface area contributed by atoms with Crippen molar-refractivity contribution in [1.82, 2.24) is 4.98 Å². The van der Waals surface area contributed by atoms with Crippen LogP contribution in [0.25, 0.3) is 11.3 Å². The Labute approximate surface area is 106 Å². The van der Waals surface area contributed by atoms with Crippen molar-refractivity contribution in [3.63, 3.8) is 0 Å². The van der Waals surface area contributed by atoms with E-state index in [0.29, 0.717) is 0 Å². The Kier molecular flexibility index (Phi) is 2.30. The van der Waals surface area contributed by atoms with E-state index in [2.05, 4.69) is 34.0 Å². The Morgan fingerprint density at radius 1 is 1.00 bits per heavy atom. The van der Waals surface area contributed by atoms with Crippen LogP contribution in [-0.4, -0.2) is 10.6 Å². The molecule has 2 aromatic rings. The minimum Gasteiger partial charge on any atom is -0.254 e. The minimum absolute atomic E-state index is 0.353. The summed E-state index contributed by atoms with van der Waals surface area (Å²) in [5, 5.41) is 1.82. The Balaban J connectivity index is 2.21. The molecule has 18 heavy (non-hydrogen) atoms. The molecule has 0 radical (unpaired) electrons. The molecule has 0 saturated heterocycles. The number of rotatable bonds is 1. The summed E-state index contributed by atoms with van der Waals surface area (Å²) in [4.78, 5) is 13.6. The molecule has 0 unspecified atom stereocenters. The maximum absolute atomic E-state index is 4.59. The van der Waals surface area contributed by atoms with Crippen molar-refractivity contribution in [3.05, 3.63) is 52.8 Å². The molecule has 3 heteroatoms. The van der Waals surface area contributed by atoms with Crippen LogP contribution in [0, 0.1) is 6.92 Å². The molecule has 0 N–H and O–H groups in total. The van der Waals surface area contributed by atoms with Crippen molar-refractivity contribution in [2.45, 2.75) is 26.4 Å². The van der Waals surface area contributed by atoms with Gasteiger partial charge in [-0.15, -0.1) is 0 Å². The highest BCUT2D eigenvalue weighted by molar-refractivity contribution is 5.62. The summed E-state index contributed by atoms with van der Waals surface area (Å²) in [6, 6.07) is 10.3. The lowest BCUT2D eigenvalue weighted by Gasteiger charge is -2.06. The maximum Gasteiger partial charge on any atom is 0.146 e. The van der Waals surface area contributed by atoms with Crippen LogP contribution in [0.1, 0.15) is 19.4 Å². The molecule has 1 aliphatic heterocycles. The fourth-order valence-electron chi connectivity index (χ4n) is 2.24. The molecule has 3 nitrogen and oxygen atoms in total. The molecule has 1 aromatic heterocycles. The number of hydrogen-bond donors (Lipinski definition) is 0. The van der Waals surface area contributed by atoms with Crippen LogP contribution in [0.4, 0.5) is 0 Å². The number of pyridine rings is 1. The van der Waals surface area contributed by atoms with Crippen LogP contribution in [0.3, 0.4) is 0 Å². The second kappa shape index (κ2) is 3.73. The van der Waals surface area contributed by atoms with Gasteiger partial charge in [0.2, 0.25) is 0 Å². The Bertz CT molecular complexity index is 730. The minimum atomic E-state index is -0.353. The van der Waals surface area contributed by atoms with E-state index in [4.69, 9.17) is 0 Å². The summed E-state index contributed by atoms with van der Waals surface area (Å²) in [6.07, 6.45) is 1.81. The van der Waals surface area contributed by atoms with Crippen LogP contribution in [0.2, 0.25) is 0 Å². The number of benzene rings is 1. The van der Waals surface area contributed by atoms with E-state index in [9.17, 15) is 0 Å². The number of fused-ring (bicyclic) bond motifs is 1. The van der Waals surface area contributed by atoms with Crippen LogP contribution in [0.5, 0.6) is 0 Å². The molecule has 2 heterocycles. The normalized spacial score (nSPS) is 15.7. The lowest BCUT2D eigenvalue weighted by Crippen LogP contribution is -2.22. The van der Waals surface area contributed by atoms with E-state index in [-0.39, 0.29) is 5.66 Å². The average molecular weight is 237 g/mol. The molecule has 90 valence electrons. The van der Waals surface area contributed by atoms with E-state index in [0.717, 1.165) is 22.0 Å². The van der Waals surface area contributed by atoms with Gasteiger partial charge in [0.15, 0.2) is 0 Å². The Hall–Kier alpha value is -2.03. The SMILES string of the molecule is Cc1ccccc1-c1cc2c(cn1)=NC(C)(C)N=2. The molecular formula is C15H15N3. The summed E-state index contributed by atoms with van der Waals surface area (Å²) in [6.45, 7) is 6.09. The zero-order valence-corrected chi connectivity index (χ0v) is 10.8. The highest BCUT2D eigenvalue weighted by atomic mass is 15.1. The van der Waals surface area contributed by atoms with Gasteiger partial charge in [-0.25, -0.2) is 0 Å². The van der Waals surface area contributed by atoms with E-state index < -0.39 is 0 Å². The Morgan fingerprint density at radius 3 is 2.50 bits per heavy atom. The third-order valence-electron chi connectivity index (χ3n) is 3.07. The molecule has 0 aliphatic carbocycles. The molecule has 0 amide bonds. The quantitative estimate of drug-likeness (QED) is 0.748. The molecular weight excluding hydrogens is 222 g/mol. The molecule has 0 atom stereocenters. The fraction of sp³-hybridized carbons (Fsp3) is 0.267. The predicted molar refractivity (Wildman–Crippen MR) is 70.8 cm³/mol. The molecule has 0 saturated carbocycles. The first-order chi connectivity index (χ1) is 8.55. The zero-order chi connectivity index (χ0) is 12.8. The van der Waals surface area contributed by atoms with Gasteiger partial charge < -0.3 is 0 Å². The smallest absolute Gasteiger partial charge is 0.146 e. The monoisotopic (exact) mass is 237 g/mol. The lowest BCUT2D eigenvalue weighted by atomic mass is 10.1. The highest BCUT2D eigenvalue weighted by Gasteiger charge is 2.18. The van der Waals surface area contributed by atoms with E-state index >= 15 is 0 Å². The van der Waals surface area contributed by atoms with Gasteiger partial charge in [-0.3, -0.25) is 15.0 Å². The lowest BCUT2D eigenvalue weighted by molar-refractivity contribution is 0.549. The third kappa shape index (κ3) is 1.82. The second-order valence-corrected chi connectivity index (χ2v) is 5.09. The van der Waals surface area contributed by atoms with Gasteiger partial charge in [-0.1, -0.05) is 24.3 Å². The second-order valence-electron chi connectivity index (χ2n) is 5.09.